The molecule has 1 unspecified atom stereocenters. The zero-order valence-corrected chi connectivity index (χ0v) is 6.04. The van der Waals surface area contributed by atoms with E-state index in [-0.39, 0.29) is 6.10 Å². The molecule has 1 aliphatic rings. The largest absolute Gasteiger partial charge is 0.370 e. The minimum Gasteiger partial charge on any atom is -0.370 e. The zero-order valence-electron chi connectivity index (χ0n) is 6.04. The Bertz CT molecular complexity index is 93.0. The summed E-state index contributed by atoms with van der Waals surface area (Å²) in [5, 5.41) is 12.2. The summed E-state index contributed by atoms with van der Waals surface area (Å²) in [7, 11) is 1.46. The summed E-state index contributed by atoms with van der Waals surface area (Å²) in [6.45, 7) is 2.16. The van der Waals surface area contributed by atoms with Gasteiger partial charge < -0.3 is 19.9 Å². The number of nitrogens with one attached hydrogen (secondary N) is 1. The minimum absolute atomic E-state index is 0.209. The molecule has 60 valence electrons. The maximum Gasteiger partial charge on any atom is 0.181 e. The lowest BCUT2D eigenvalue weighted by Crippen LogP contribution is -2.45. The van der Waals surface area contributed by atoms with E-state index in [1.807, 2.05) is 0 Å². The van der Waals surface area contributed by atoms with Crippen LogP contribution in [0.15, 0.2) is 0 Å². The molecule has 0 radical (unpaired) electrons. The highest BCUT2D eigenvalue weighted by Gasteiger charge is 2.21. The number of hydrogen-bond acceptors (Lipinski definition) is 4. The lowest BCUT2D eigenvalue weighted by molar-refractivity contribution is -0.169. The molecule has 0 saturated carbocycles. The second-order valence-electron chi connectivity index (χ2n) is 2.24. The number of ether oxygens (including phenoxy) is 2. The van der Waals surface area contributed by atoms with Crippen molar-refractivity contribution in [2.45, 2.75) is 12.4 Å². The fourth-order valence-electron chi connectivity index (χ4n) is 0.921. The van der Waals surface area contributed by atoms with Gasteiger partial charge in [0.1, 0.15) is 6.10 Å². The maximum atomic E-state index is 9.10. The molecular weight excluding hydrogens is 134 g/mol. The standard InChI is InChI=1S/C6H13NO3/c1-9-6(8)5-4-7-2-3-10-5/h5-8H,2-4H2,1H3/t5-,6?/m0/s1. The van der Waals surface area contributed by atoms with Gasteiger partial charge in [0.25, 0.3) is 0 Å². The van der Waals surface area contributed by atoms with Crippen LogP contribution < -0.4 is 5.32 Å². The first-order valence-electron chi connectivity index (χ1n) is 3.38. The monoisotopic (exact) mass is 147 g/mol. The molecule has 4 nitrogen and oxygen atoms in total. The Morgan fingerprint density at radius 2 is 2.60 bits per heavy atom. The van der Waals surface area contributed by atoms with Crippen molar-refractivity contribution in [1.29, 1.82) is 0 Å². The Morgan fingerprint density at radius 3 is 3.10 bits per heavy atom. The van der Waals surface area contributed by atoms with E-state index in [1.165, 1.54) is 7.11 Å². The summed E-state index contributed by atoms with van der Waals surface area (Å²) in [5.74, 6) is 0. The van der Waals surface area contributed by atoms with Crippen molar-refractivity contribution >= 4 is 0 Å². The average molecular weight is 147 g/mol. The highest BCUT2D eigenvalue weighted by atomic mass is 16.6. The van der Waals surface area contributed by atoms with E-state index < -0.39 is 6.29 Å². The predicted molar refractivity (Wildman–Crippen MR) is 35.6 cm³/mol. The van der Waals surface area contributed by atoms with Crippen LogP contribution in [0.1, 0.15) is 0 Å². The molecule has 1 aliphatic heterocycles. The van der Waals surface area contributed by atoms with Crippen LogP contribution in [0, 0.1) is 0 Å². The average Bonchev–Trinajstić information content (AvgIpc) is 2.05. The van der Waals surface area contributed by atoms with Crippen molar-refractivity contribution in [2.75, 3.05) is 26.8 Å². The SMILES string of the molecule is COC(O)[C@@H]1CNCCO1. The van der Waals surface area contributed by atoms with Crippen molar-refractivity contribution in [3.8, 4) is 0 Å². The molecule has 1 heterocycles. The number of aliphatic hydroxyl groups excluding tert-OH is 1. The highest BCUT2D eigenvalue weighted by Crippen LogP contribution is 2.01. The van der Waals surface area contributed by atoms with E-state index in [4.69, 9.17) is 9.84 Å². The van der Waals surface area contributed by atoms with E-state index in [1.54, 1.807) is 0 Å². The molecule has 0 spiro atoms. The topological polar surface area (TPSA) is 50.7 Å². The van der Waals surface area contributed by atoms with Crippen LogP contribution >= 0.6 is 0 Å². The summed E-state index contributed by atoms with van der Waals surface area (Å²) in [5.41, 5.74) is 0. The summed E-state index contributed by atoms with van der Waals surface area (Å²) in [4.78, 5) is 0. The highest BCUT2D eigenvalue weighted by molar-refractivity contribution is 4.68. The first-order valence-corrected chi connectivity index (χ1v) is 3.38. The van der Waals surface area contributed by atoms with Gasteiger partial charge >= 0.3 is 0 Å². The van der Waals surface area contributed by atoms with Gasteiger partial charge in [-0.3, -0.25) is 0 Å². The first kappa shape index (κ1) is 7.94. The van der Waals surface area contributed by atoms with Gasteiger partial charge in [-0.15, -0.1) is 0 Å². The van der Waals surface area contributed by atoms with Gasteiger partial charge in [0, 0.05) is 20.2 Å². The predicted octanol–water partition coefficient (Wildman–Crippen LogP) is -1.06. The Hall–Kier alpha value is -0.160. The van der Waals surface area contributed by atoms with Crippen LogP contribution in [0.3, 0.4) is 0 Å². The number of hydrogen-bond donors (Lipinski definition) is 2. The molecule has 0 aromatic heterocycles. The van der Waals surface area contributed by atoms with Gasteiger partial charge in [-0.1, -0.05) is 0 Å². The number of rotatable bonds is 2. The molecule has 0 aromatic carbocycles. The number of aliphatic hydroxyl groups is 1. The Kier molecular flexibility index (Phi) is 3.08. The van der Waals surface area contributed by atoms with Crippen LogP contribution in [-0.2, 0) is 9.47 Å². The van der Waals surface area contributed by atoms with E-state index in [0.29, 0.717) is 13.2 Å². The third kappa shape index (κ3) is 1.91. The van der Waals surface area contributed by atoms with Gasteiger partial charge in [-0.05, 0) is 0 Å². The van der Waals surface area contributed by atoms with E-state index in [0.717, 1.165) is 6.54 Å². The van der Waals surface area contributed by atoms with Crippen molar-refractivity contribution in [1.82, 2.24) is 5.32 Å². The third-order valence-electron chi connectivity index (χ3n) is 1.52. The molecule has 0 bridgehead atoms. The van der Waals surface area contributed by atoms with E-state index in [2.05, 4.69) is 10.1 Å². The smallest absolute Gasteiger partial charge is 0.181 e. The number of methoxy groups -OCH3 is 1. The summed E-state index contributed by atoms with van der Waals surface area (Å²) in [6.07, 6.45) is -1.01. The van der Waals surface area contributed by atoms with Crippen LogP contribution in [0.2, 0.25) is 0 Å². The summed E-state index contributed by atoms with van der Waals surface area (Å²) < 4.78 is 9.87. The third-order valence-corrected chi connectivity index (χ3v) is 1.52. The van der Waals surface area contributed by atoms with Gasteiger partial charge in [0.2, 0.25) is 0 Å². The first-order chi connectivity index (χ1) is 4.84. The molecule has 0 aromatic rings. The quantitative estimate of drug-likeness (QED) is 0.489. The second-order valence-corrected chi connectivity index (χ2v) is 2.24. The normalized spacial score (nSPS) is 30.0. The van der Waals surface area contributed by atoms with Gasteiger partial charge in [0.05, 0.1) is 6.61 Å². The number of morpholine rings is 1. The lowest BCUT2D eigenvalue weighted by atomic mass is 10.3. The van der Waals surface area contributed by atoms with Crippen LogP contribution in [0.5, 0.6) is 0 Å². The van der Waals surface area contributed by atoms with Crippen molar-refractivity contribution < 1.29 is 14.6 Å². The van der Waals surface area contributed by atoms with Crippen molar-refractivity contribution in [2.24, 2.45) is 0 Å². The lowest BCUT2D eigenvalue weighted by Gasteiger charge is -2.26. The Balaban J connectivity index is 2.24. The fourth-order valence-corrected chi connectivity index (χ4v) is 0.921. The molecule has 2 N–H and O–H groups in total. The van der Waals surface area contributed by atoms with Gasteiger partial charge in [0.15, 0.2) is 6.29 Å². The van der Waals surface area contributed by atoms with E-state index in [9.17, 15) is 0 Å². The molecule has 0 aliphatic carbocycles. The van der Waals surface area contributed by atoms with E-state index >= 15 is 0 Å². The molecule has 1 fully saturated rings. The molecule has 2 atom stereocenters. The molecular formula is C6H13NO3. The van der Waals surface area contributed by atoms with Crippen LogP contribution in [0.25, 0.3) is 0 Å². The van der Waals surface area contributed by atoms with Crippen molar-refractivity contribution in [3.05, 3.63) is 0 Å². The van der Waals surface area contributed by atoms with Gasteiger partial charge in [-0.2, -0.15) is 0 Å². The molecule has 1 rings (SSSR count). The maximum absolute atomic E-state index is 9.10. The van der Waals surface area contributed by atoms with Gasteiger partial charge in [-0.25, -0.2) is 0 Å². The molecule has 4 heteroatoms. The fraction of sp³-hybridized carbons (Fsp3) is 1.00. The molecule has 1 saturated heterocycles. The molecule has 10 heavy (non-hydrogen) atoms. The Labute approximate surface area is 60.1 Å². The molecule has 0 amide bonds. The van der Waals surface area contributed by atoms with Crippen LogP contribution in [0.4, 0.5) is 0 Å². The summed E-state index contributed by atoms with van der Waals surface area (Å²) >= 11 is 0. The minimum atomic E-state index is -0.798. The van der Waals surface area contributed by atoms with Crippen molar-refractivity contribution in [3.63, 3.8) is 0 Å². The Morgan fingerprint density at radius 1 is 1.80 bits per heavy atom. The summed E-state index contributed by atoms with van der Waals surface area (Å²) in [6, 6.07) is 0. The van der Waals surface area contributed by atoms with Crippen LogP contribution in [-0.4, -0.2) is 44.3 Å². The zero-order chi connectivity index (χ0) is 7.40. The second kappa shape index (κ2) is 3.88.